The summed E-state index contributed by atoms with van der Waals surface area (Å²) in [5.74, 6) is 0.825. The normalized spacial score (nSPS) is 9.96. The predicted octanol–water partition coefficient (Wildman–Crippen LogP) is 3.58. The van der Waals surface area contributed by atoms with Gasteiger partial charge in [-0.05, 0) is 42.5 Å². The molecule has 1 amide bonds. The Kier molecular flexibility index (Phi) is 6.01. The second-order valence-electron chi connectivity index (χ2n) is 4.69. The molecule has 2 rings (SSSR count). The molecule has 23 heavy (non-hydrogen) atoms. The molecule has 0 saturated carbocycles. The van der Waals surface area contributed by atoms with Crippen molar-refractivity contribution in [2.24, 2.45) is 0 Å². The van der Waals surface area contributed by atoms with Gasteiger partial charge in [0.1, 0.15) is 11.6 Å². The summed E-state index contributed by atoms with van der Waals surface area (Å²) < 4.78 is 18.4. The highest BCUT2D eigenvalue weighted by atomic mass is 32.2. The highest BCUT2D eigenvalue weighted by Crippen LogP contribution is 2.24. The van der Waals surface area contributed by atoms with E-state index in [4.69, 9.17) is 10.00 Å². The van der Waals surface area contributed by atoms with Crippen LogP contribution in [0.15, 0.2) is 42.5 Å². The molecule has 0 atom stereocenters. The number of amides is 1. The third kappa shape index (κ3) is 5.01. The fourth-order valence-corrected chi connectivity index (χ4v) is 2.74. The zero-order valence-electron chi connectivity index (χ0n) is 12.5. The van der Waals surface area contributed by atoms with Gasteiger partial charge in [-0.1, -0.05) is 0 Å². The van der Waals surface area contributed by atoms with Crippen molar-refractivity contribution in [3.63, 3.8) is 0 Å². The number of carbonyl (C=O) groups is 1. The van der Waals surface area contributed by atoms with E-state index in [0.717, 1.165) is 0 Å². The molecular weight excluding hydrogens is 315 g/mol. The number of carbonyl (C=O) groups excluding carboxylic acids is 1. The first-order valence-corrected chi connectivity index (χ1v) is 7.98. The molecule has 118 valence electrons. The highest BCUT2D eigenvalue weighted by Gasteiger charge is 2.07. The maximum atomic E-state index is 13.3. The van der Waals surface area contributed by atoms with Crippen molar-refractivity contribution in [3.05, 3.63) is 59.4 Å². The number of anilines is 1. The molecule has 0 unspecified atom stereocenters. The van der Waals surface area contributed by atoms with E-state index in [0.29, 0.717) is 28.3 Å². The van der Waals surface area contributed by atoms with Crippen LogP contribution < -0.4 is 10.1 Å². The van der Waals surface area contributed by atoms with E-state index in [2.05, 4.69) is 5.32 Å². The van der Waals surface area contributed by atoms with Gasteiger partial charge in [-0.25, -0.2) is 4.39 Å². The second-order valence-corrected chi connectivity index (χ2v) is 5.67. The van der Waals surface area contributed by atoms with Gasteiger partial charge in [0, 0.05) is 17.0 Å². The minimum atomic E-state index is -0.330. The van der Waals surface area contributed by atoms with Crippen LogP contribution >= 0.6 is 11.8 Å². The van der Waals surface area contributed by atoms with Crippen molar-refractivity contribution in [2.45, 2.75) is 5.75 Å². The molecule has 0 fully saturated rings. The number of hydrogen-bond donors (Lipinski definition) is 1. The summed E-state index contributed by atoms with van der Waals surface area (Å²) in [5.41, 5.74) is 1.89. The molecule has 0 heterocycles. The van der Waals surface area contributed by atoms with Gasteiger partial charge >= 0.3 is 0 Å². The zero-order valence-corrected chi connectivity index (χ0v) is 13.3. The smallest absolute Gasteiger partial charge is 0.234 e. The van der Waals surface area contributed by atoms with Crippen LogP contribution in [0.3, 0.4) is 0 Å². The van der Waals surface area contributed by atoms with E-state index in [1.165, 1.54) is 31.0 Å². The molecule has 0 radical (unpaired) electrons. The Bertz CT molecular complexity index is 726. The Hall–Kier alpha value is -2.52. The Morgan fingerprint density at radius 1 is 1.30 bits per heavy atom. The number of benzene rings is 2. The molecule has 0 saturated heterocycles. The molecule has 2 aromatic carbocycles. The Balaban J connectivity index is 1.85. The van der Waals surface area contributed by atoms with Gasteiger partial charge in [0.25, 0.3) is 0 Å². The van der Waals surface area contributed by atoms with Crippen LogP contribution in [0, 0.1) is 17.1 Å². The minimum absolute atomic E-state index is 0.157. The lowest BCUT2D eigenvalue weighted by Gasteiger charge is -2.09. The number of hydrogen-bond acceptors (Lipinski definition) is 4. The van der Waals surface area contributed by atoms with E-state index in [1.54, 1.807) is 30.3 Å². The van der Waals surface area contributed by atoms with Crippen LogP contribution in [-0.4, -0.2) is 18.8 Å². The first kappa shape index (κ1) is 16.8. The molecule has 0 bridgehead atoms. The summed E-state index contributed by atoms with van der Waals surface area (Å²) in [4.78, 5) is 11.9. The first-order chi connectivity index (χ1) is 11.1. The van der Waals surface area contributed by atoms with Gasteiger partial charge in [0.05, 0.1) is 24.5 Å². The number of rotatable bonds is 6. The Morgan fingerprint density at radius 2 is 2.04 bits per heavy atom. The third-order valence-electron chi connectivity index (χ3n) is 3.03. The highest BCUT2D eigenvalue weighted by molar-refractivity contribution is 7.99. The number of methoxy groups -OCH3 is 1. The van der Waals surface area contributed by atoms with Gasteiger partial charge in [0.2, 0.25) is 5.91 Å². The summed E-state index contributed by atoms with van der Waals surface area (Å²) >= 11 is 1.37. The van der Waals surface area contributed by atoms with Crippen molar-refractivity contribution in [3.8, 4) is 11.8 Å². The predicted molar refractivity (Wildman–Crippen MR) is 88.9 cm³/mol. The molecule has 4 nitrogen and oxygen atoms in total. The fourth-order valence-electron chi connectivity index (χ4n) is 1.94. The van der Waals surface area contributed by atoms with Crippen molar-refractivity contribution in [2.75, 3.05) is 18.2 Å². The number of nitrogens with one attached hydrogen (secondary N) is 1. The van der Waals surface area contributed by atoms with Crippen LogP contribution in [0.4, 0.5) is 10.1 Å². The summed E-state index contributed by atoms with van der Waals surface area (Å²) in [6.45, 7) is 0. The van der Waals surface area contributed by atoms with Crippen molar-refractivity contribution in [1.29, 1.82) is 5.26 Å². The monoisotopic (exact) mass is 330 g/mol. The van der Waals surface area contributed by atoms with Crippen LogP contribution in [0.1, 0.15) is 11.1 Å². The van der Waals surface area contributed by atoms with Crippen LogP contribution in [0.2, 0.25) is 0 Å². The number of thioether (sulfide) groups is 1. The molecule has 0 aliphatic rings. The molecule has 2 aromatic rings. The second kappa shape index (κ2) is 8.20. The van der Waals surface area contributed by atoms with Gasteiger partial charge in [-0.2, -0.15) is 5.26 Å². The third-order valence-corrected chi connectivity index (χ3v) is 4.01. The molecule has 1 N–H and O–H groups in total. The Labute approximate surface area is 138 Å². The summed E-state index contributed by atoms with van der Waals surface area (Å²) in [7, 11) is 1.53. The van der Waals surface area contributed by atoms with E-state index in [-0.39, 0.29) is 17.5 Å². The van der Waals surface area contributed by atoms with Gasteiger partial charge in [-0.3, -0.25) is 4.79 Å². The molecule has 0 aliphatic carbocycles. The first-order valence-electron chi connectivity index (χ1n) is 6.82. The minimum Gasteiger partial charge on any atom is -0.496 e. The van der Waals surface area contributed by atoms with Crippen LogP contribution in [0.5, 0.6) is 5.75 Å². The van der Waals surface area contributed by atoms with Crippen LogP contribution in [0.25, 0.3) is 0 Å². The lowest BCUT2D eigenvalue weighted by molar-refractivity contribution is -0.113. The van der Waals surface area contributed by atoms with E-state index in [9.17, 15) is 9.18 Å². The average Bonchev–Trinajstić information content (AvgIpc) is 2.56. The van der Waals surface area contributed by atoms with Crippen molar-refractivity contribution >= 4 is 23.4 Å². The lowest BCUT2D eigenvalue weighted by Crippen LogP contribution is -2.14. The quantitative estimate of drug-likeness (QED) is 0.879. The average molecular weight is 330 g/mol. The van der Waals surface area contributed by atoms with E-state index in [1.807, 2.05) is 6.07 Å². The van der Waals surface area contributed by atoms with Crippen molar-refractivity contribution < 1.29 is 13.9 Å². The van der Waals surface area contributed by atoms with Gasteiger partial charge < -0.3 is 10.1 Å². The number of nitriles is 1. The topological polar surface area (TPSA) is 62.1 Å². The maximum absolute atomic E-state index is 13.3. The summed E-state index contributed by atoms with van der Waals surface area (Å²) in [6, 6.07) is 13.0. The SMILES string of the molecule is COc1ccc(F)cc1CSCC(=O)Nc1ccc(C#N)cc1. The lowest BCUT2D eigenvalue weighted by atomic mass is 10.2. The molecule has 6 heteroatoms. The van der Waals surface area contributed by atoms with E-state index >= 15 is 0 Å². The maximum Gasteiger partial charge on any atom is 0.234 e. The summed E-state index contributed by atoms with van der Waals surface area (Å²) in [5, 5.41) is 11.5. The van der Waals surface area contributed by atoms with Gasteiger partial charge in [-0.15, -0.1) is 11.8 Å². The molecular formula is C17H15FN2O2S. The van der Waals surface area contributed by atoms with Gasteiger partial charge in [0.15, 0.2) is 0 Å². The number of nitrogens with zero attached hydrogens (tertiary/aromatic N) is 1. The number of halogens is 1. The summed E-state index contributed by atoms with van der Waals surface area (Å²) in [6.07, 6.45) is 0. The number of ether oxygens (including phenoxy) is 1. The fraction of sp³-hybridized carbons (Fsp3) is 0.176. The van der Waals surface area contributed by atoms with E-state index < -0.39 is 0 Å². The largest absolute Gasteiger partial charge is 0.496 e. The van der Waals surface area contributed by atoms with Crippen LogP contribution in [-0.2, 0) is 10.5 Å². The molecule has 0 aliphatic heterocycles. The Morgan fingerprint density at radius 3 is 2.70 bits per heavy atom. The standard InChI is InChI=1S/C17H15FN2O2S/c1-22-16-7-4-14(18)8-13(16)10-23-11-17(21)20-15-5-2-12(9-19)3-6-15/h2-8H,10-11H2,1H3,(H,20,21). The molecule has 0 aromatic heterocycles. The van der Waals surface area contributed by atoms with Crippen molar-refractivity contribution in [1.82, 2.24) is 0 Å². The zero-order chi connectivity index (χ0) is 16.7. The molecule has 0 spiro atoms.